The van der Waals surface area contributed by atoms with E-state index < -0.39 is 0 Å². The summed E-state index contributed by atoms with van der Waals surface area (Å²) in [5.41, 5.74) is 0.911. The second-order valence-electron chi connectivity index (χ2n) is 5.15. The normalized spacial score (nSPS) is 13.0. The SMILES string of the molecule is CCCNCC(Cc1cc(F)ccc1Cl)C(C)C. The standard InChI is InChI=1S/C15H23ClFN/c1-4-7-18-10-13(11(2)3)8-12-9-14(17)5-6-15(12)16/h5-6,9,11,13,18H,4,7-8,10H2,1-3H3. The Labute approximate surface area is 115 Å². The zero-order chi connectivity index (χ0) is 13.5. The monoisotopic (exact) mass is 271 g/mol. The van der Waals surface area contributed by atoms with Crippen molar-refractivity contribution in [3.8, 4) is 0 Å². The second kappa shape index (κ2) is 7.75. The van der Waals surface area contributed by atoms with Crippen LogP contribution in [-0.2, 0) is 6.42 Å². The molecule has 0 amide bonds. The van der Waals surface area contributed by atoms with Crippen molar-refractivity contribution >= 4 is 11.6 Å². The van der Waals surface area contributed by atoms with Gasteiger partial charge >= 0.3 is 0 Å². The lowest BCUT2D eigenvalue weighted by atomic mass is 9.89. The van der Waals surface area contributed by atoms with Gasteiger partial charge in [0.1, 0.15) is 5.82 Å². The molecule has 1 N–H and O–H groups in total. The Balaban J connectivity index is 2.67. The highest BCUT2D eigenvalue weighted by atomic mass is 35.5. The molecule has 0 aliphatic rings. The summed E-state index contributed by atoms with van der Waals surface area (Å²) in [6.07, 6.45) is 1.95. The van der Waals surface area contributed by atoms with Gasteiger partial charge in [0.25, 0.3) is 0 Å². The van der Waals surface area contributed by atoms with E-state index in [2.05, 4.69) is 26.1 Å². The zero-order valence-electron chi connectivity index (χ0n) is 11.5. The van der Waals surface area contributed by atoms with Crippen LogP contribution in [0.4, 0.5) is 4.39 Å². The minimum atomic E-state index is -0.210. The first-order valence-electron chi connectivity index (χ1n) is 6.69. The third kappa shape index (κ3) is 4.95. The summed E-state index contributed by atoms with van der Waals surface area (Å²) in [7, 11) is 0. The molecule has 0 saturated heterocycles. The summed E-state index contributed by atoms with van der Waals surface area (Å²) in [4.78, 5) is 0. The van der Waals surface area contributed by atoms with Gasteiger partial charge in [-0.15, -0.1) is 0 Å². The molecule has 3 heteroatoms. The van der Waals surface area contributed by atoms with Gasteiger partial charge in [0, 0.05) is 5.02 Å². The number of rotatable bonds is 7. The summed E-state index contributed by atoms with van der Waals surface area (Å²) < 4.78 is 13.2. The minimum Gasteiger partial charge on any atom is -0.316 e. The Bertz CT molecular complexity index is 366. The molecule has 1 unspecified atom stereocenters. The molecule has 0 heterocycles. The average Bonchev–Trinajstić information content (AvgIpc) is 2.32. The molecule has 1 rings (SSSR count). The highest BCUT2D eigenvalue weighted by Crippen LogP contribution is 2.23. The maximum atomic E-state index is 13.2. The summed E-state index contributed by atoms with van der Waals surface area (Å²) in [5.74, 6) is 0.822. The molecule has 102 valence electrons. The van der Waals surface area contributed by atoms with Gasteiger partial charge in [0.15, 0.2) is 0 Å². The van der Waals surface area contributed by atoms with E-state index in [9.17, 15) is 4.39 Å². The maximum Gasteiger partial charge on any atom is 0.123 e. The van der Waals surface area contributed by atoms with E-state index in [1.165, 1.54) is 6.07 Å². The molecule has 0 saturated carbocycles. The fraction of sp³-hybridized carbons (Fsp3) is 0.600. The quantitative estimate of drug-likeness (QED) is 0.730. The third-order valence-corrected chi connectivity index (χ3v) is 3.63. The lowest BCUT2D eigenvalue weighted by Crippen LogP contribution is -2.28. The Morgan fingerprint density at radius 1 is 1.33 bits per heavy atom. The third-order valence-electron chi connectivity index (χ3n) is 3.27. The van der Waals surface area contributed by atoms with Crippen LogP contribution in [0.1, 0.15) is 32.8 Å². The molecule has 0 aliphatic heterocycles. The van der Waals surface area contributed by atoms with Gasteiger partial charge < -0.3 is 5.32 Å². The largest absolute Gasteiger partial charge is 0.316 e. The Kier molecular flexibility index (Phi) is 6.66. The van der Waals surface area contributed by atoms with Gasteiger partial charge in [0.2, 0.25) is 0 Å². The number of halogens is 2. The maximum absolute atomic E-state index is 13.2. The van der Waals surface area contributed by atoms with E-state index in [0.29, 0.717) is 16.9 Å². The summed E-state index contributed by atoms with van der Waals surface area (Å²) in [6.45, 7) is 8.54. The van der Waals surface area contributed by atoms with Gasteiger partial charge in [-0.3, -0.25) is 0 Å². The molecular weight excluding hydrogens is 249 g/mol. The van der Waals surface area contributed by atoms with Gasteiger partial charge in [-0.05, 0) is 61.5 Å². The molecule has 1 atom stereocenters. The van der Waals surface area contributed by atoms with Crippen molar-refractivity contribution in [1.29, 1.82) is 0 Å². The molecule has 0 spiro atoms. The molecule has 1 aromatic rings. The van der Waals surface area contributed by atoms with Crippen LogP contribution in [0.5, 0.6) is 0 Å². The van der Waals surface area contributed by atoms with Crippen LogP contribution >= 0.6 is 11.6 Å². The van der Waals surface area contributed by atoms with Crippen molar-refractivity contribution in [2.24, 2.45) is 11.8 Å². The summed E-state index contributed by atoms with van der Waals surface area (Å²) >= 11 is 6.12. The second-order valence-corrected chi connectivity index (χ2v) is 5.56. The summed E-state index contributed by atoms with van der Waals surface area (Å²) in [6, 6.07) is 4.60. The van der Waals surface area contributed by atoms with Gasteiger partial charge in [-0.25, -0.2) is 4.39 Å². The lowest BCUT2D eigenvalue weighted by Gasteiger charge is -2.22. The van der Waals surface area contributed by atoms with Crippen molar-refractivity contribution < 1.29 is 4.39 Å². The van der Waals surface area contributed by atoms with Crippen molar-refractivity contribution in [2.45, 2.75) is 33.6 Å². The van der Waals surface area contributed by atoms with Gasteiger partial charge in [0.05, 0.1) is 0 Å². The predicted octanol–water partition coefficient (Wildman–Crippen LogP) is 4.29. The Morgan fingerprint density at radius 2 is 2.06 bits per heavy atom. The highest BCUT2D eigenvalue weighted by molar-refractivity contribution is 6.31. The van der Waals surface area contributed by atoms with Crippen molar-refractivity contribution in [3.05, 3.63) is 34.6 Å². The first-order valence-corrected chi connectivity index (χ1v) is 7.07. The van der Waals surface area contributed by atoms with Crippen LogP contribution in [-0.4, -0.2) is 13.1 Å². The van der Waals surface area contributed by atoms with E-state index >= 15 is 0 Å². The van der Waals surface area contributed by atoms with Gasteiger partial charge in [-0.2, -0.15) is 0 Å². The molecule has 0 radical (unpaired) electrons. The molecule has 1 nitrogen and oxygen atoms in total. The van der Waals surface area contributed by atoms with E-state index in [4.69, 9.17) is 11.6 Å². The lowest BCUT2D eigenvalue weighted by molar-refractivity contribution is 0.360. The number of nitrogens with one attached hydrogen (secondary N) is 1. The minimum absolute atomic E-state index is 0.210. The average molecular weight is 272 g/mol. The molecular formula is C15H23ClFN. The Morgan fingerprint density at radius 3 is 2.67 bits per heavy atom. The first-order chi connectivity index (χ1) is 8.54. The summed E-state index contributed by atoms with van der Waals surface area (Å²) in [5, 5.41) is 4.10. The number of hydrogen-bond acceptors (Lipinski definition) is 1. The van der Waals surface area contributed by atoms with E-state index in [-0.39, 0.29) is 5.82 Å². The van der Waals surface area contributed by atoms with Crippen molar-refractivity contribution in [3.63, 3.8) is 0 Å². The van der Waals surface area contributed by atoms with Crippen molar-refractivity contribution in [2.75, 3.05) is 13.1 Å². The molecule has 1 aromatic carbocycles. The fourth-order valence-corrected chi connectivity index (χ4v) is 2.18. The topological polar surface area (TPSA) is 12.0 Å². The van der Waals surface area contributed by atoms with Crippen LogP contribution in [0.15, 0.2) is 18.2 Å². The van der Waals surface area contributed by atoms with E-state index in [1.54, 1.807) is 12.1 Å². The Hall–Kier alpha value is -0.600. The molecule has 0 aromatic heterocycles. The van der Waals surface area contributed by atoms with Crippen LogP contribution in [0.3, 0.4) is 0 Å². The molecule has 0 bridgehead atoms. The molecule has 0 aliphatic carbocycles. The van der Waals surface area contributed by atoms with E-state index in [0.717, 1.165) is 31.5 Å². The zero-order valence-corrected chi connectivity index (χ0v) is 12.2. The van der Waals surface area contributed by atoms with Crippen LogP contribution in [0.2, 0.25) is 5.02 Å². The first kappa shape index (κ1) is 15.5. The smallest absolute Gasteiger partial charge is 0.123 e. The molecule has 18 heavy (non-hydrogen) atoms. The van der Waals surface area contributed by atoms with Crippen LogP contribution in [0, 0.1) is 17.7 Å². The van der Waals surface area contributed by atoms with Crippen LogP contribution < -0.4 is 5.32 Å². The fourth-order valence-electron chi connectivity index (χ4n) is 1.99. The molecule has 0 fully saturated rings. The number of benzene rings is 1. The highest BCUT2D eigenvalue weighted by Gasteiger charge is 2.15. The van der Waals surface area contributed by atoms with Crippen LogP contribution in [0.25, 0.3) is 0 Å². The van der Waals surface area contributed by atoms with E-state index in [1.807, 2.05) is 0 Å². The number of hydrogen-bond donors (Lipinski definition) is 1. The van der Waals surface area contributed by atoms with Crippen molar-refractivity contribution in [1.82, 2.24) is 5.32 Å². The van der Waals surface area contributed by atoms with Gasteiger partial charge in [-0.1, -0.05) is 32.4 Å². The predicted molar refractivity (Wildman–Crippen MR) is 76.6 cm³/mol.